The molecule has 2 N–H and O–H groups in total. The molecule has 0 radical (unpaired) electrons. The van der Waals surface area contributed by atoms with Crippen molar-refractivity contribution in [2.24, 2.45) is 0 Å². The Kier molecular flexibility index (Phi) is 5.12. The van der Waals surface area contributed by atoms with E-state index in [1.165, 1.54) is 17.8 Å². The fraction of sp³-hybridized carbons (Fsp3) is 0.294. The number of ether oxygens (including phenoxy) is 1. The Morgan fingerprint density at radius 1 is 1.23 bits per heavy atom. The molecule has 1 heterocycles. The van der Waals surface area contributed by atoms with Gasteiger partial charge >= 0.3 is 5.97 Å². The molecule has 2 aromatic rings. The van der Waals surface area contributed by atoms with E-state index in [1.54, 1.807) is 6.07 Å². The van der Waals surface area contributed by atoms with Crippen LogP contribution in [-0.4, -0.2) is 28.2 Å². The minimum absolute atomic E-state index is 0.147. The minimum Gasteiger partial charge on any atom is -0.478 e. The van der Waals surface area contributed by atoms with Crippen molar-refractivity contribution in [1.82, 2.24) is 10.3 Å². The number of hydrogen-bond acceptors (Lipinski definition) is 4. The second-order valence-electron chi connectivity index (χ2n) is 5.70. The molecule has 1 aromatic carbocycles. The van der Waals surface area contributed by atoms with Crippen LogP contribution in [-0.2, 0) is 6.54 Å². The van der Waals surface area contributed by atoms with Gasteiger partial charge in [-0.2, -0.15) is 0 Å². The predicted molar refractivity (Wildman–Crippen MR) is 84.1 cm³/mol. The van der Waals surface area contributed by atoms with Gasteiger partial charge in [0.05, 0.1) is 5.56 Å². The summed E-state index contributed by atoms with van der Waals surface area (Å²) < 4.78 is 5.63. The maximum Gasteiger partial charge on any atom is 0.337 e. The average molecular weight is 300 g/mol. The van der Waals surface area contributed by atoms with E-state index >= 15 is 0 Å². The molecule has 5 nitrogen and oxygen atoms in total. The van der Waals surface area contributed by atoms with Crippen molar-refractivity contribution < 1.29 is 14.6 Å². The highest BCUT2D eigenvalue weighted by molar-refractivity contribution is 5.87. The number of aromatic carboxylic acids is 1. The highest BCUT2D eigenvalue weighted by Crippen LogP contribution is 2.12. The first-order valence-electron chi connectivity index (χ1n) is 7.07. The quantitative estimate of drug-likeness (QED) is 0.822. The first kappa shape index (κ1) is 16.0. The average Bonchev–Trinajstić information content (AvgIpc) is 2.53. The molecule has 0 aliphatic carbocycles. The van der Waals surface area contributed by atoms with Gasteiger partial charge in [0.25, 0.3) is 0 Å². The van der Waals surface area contributed by atoms with Crippen LogP contribution in [0.3, 0.4) is 0 Å². The summed E-state index contributed by atoms with van der Waals surface area (Å²) in [6.45, 7) is 5.27. The lowest BCUT2D eigenvalue weighted by Crippen LogP contribution is -2.44. The molecule has 0 saturated heterocycles. The molecule has 0 atom stereocenters. The minimum atomic E-state index is -0.996. The van der Waals surface area contributed by atoms with E-state index in [0.29, 0.717) is 12.5 Å². The third kappa shape index (κ3) is 4.86. The van der Waals surface area contributed by atoms with Crippen LogP contribution >= 0.6 is 0 Å². The first-order chi connectivity index (χ1) is 10.5. The van der Waals surface area contributed by atoms with Gasteiger partial charge in [0, 0.05) is 24.3 Å². The lowest BCUT2D eigenvalue weighted by Gasteiger charge is -2.26. The van der Waals surface area contributed by atoms with Crippen molar-refractivity contribution in [3.05, 3.63) is 59.8 Å². The van der Waals surface area contributed by atoms with Gasteiger partial charge in [-0.15, -0.1) is 0 Å². The lowest BCUT2D eigenvalue weighted by molar-refractivity contribution is 0.0696. The molecule has 0 aliphatic rings. The summed E-state index contributed by atoms with van der Waals surface area (Å²) in [6.07, 6.45) is 1.29. The molecule has 0 spiro atoms. The maximum absolute atomic E-state index is 10.8. The van der Waals surface area contributed by atoms with Crippen molar-refractivity contribution in [3.8, 4) is 5.88 Å². The second kappa shape index (κ2) is 7.04. The molecule has 0 amide bonds. The molecule has 22 heavy (non-hydrogen) atoms. The summed E-state index contributed by atoms with van der Waals surface area (Å²) in [5, 5.41) is 12.3. The van der Waals surface area contributed by atoms with Crippen molar-refractivity contribution in [3.63, 3.8) is 0 Å². The van der Waals surface area contributed by atoms with E-state index < -0.39 is 5.97 Å². The van der Waals surface area contributed by atoms with Crippen LogP contribution in [0.25, 0.3) is 0 Å². The molecular formula is C17H20N2O3. The van der Waals surface area contributed by atoms with Crippen LogP contribution < -0.4 is 10.1 Å². The van der Waals surface area contributed by atoms with Crippen LogP contribution in [0, 0.1) is 0 Å². The summed E-state index contributed by atoms with van der Waals surface area (Å²) in [7, 11) is 0. The Bertz CT molecular complexity index is 610. The van der Waals surface area contributed by atoms with Crippen molar-refractivity contribution in [1.29, 1.82) is 0 Å². The van der Waals surface area contributed by atoms with Crippen molar-refractivity contribution >= 4 is 5.97 Å². The number of carboxylic acid groups (broad SMARTS) is 1. The number of carboxylic acids is 1. The largest absolute Gasteiger partial charge is 0.478 e. The zero-order valence-corrected chi connectivity index (χ0v) is 12.7. The number of carbonyl (C=O) groups is 1. The van der Waals surface area contributed by atoms with Crippen LogP contribution in [0.2, 0.25) is 0 Å². The Morgan fingerprint density at radius 3 is 2.55 bits per heavy atom. The zero-order valence-electron chi connectivity index (χ0n) is 12.7. The maximum atomic E-state index is 10.8. The second-order valence-corrected chi connectivity index (χ2v) is 5.70. The van der Waals surface area contributed by atoms with Gasteiger partial charge in [-0.05, 0) is 25.5 Å². The zero-order chi connectivity index (χ0) is 16.0. The number of aromatic nitrogens is 1. The van der Waals surface area contributed by atoms with Crippen LogP contribution in [0.5, 0.6) is 5.88 Å². The van der Waals surface area contributed by atoms with Gasteiger partial charge in [0.2, 0.25) is 5.88 Å². The van der Waals surface area contributed by atoms with E-state index in [0.717, 1.165) is 6.54 Å². The van der Waals surface area contributed by atoms with Crippen LogP contribution in [0.4, 0.5) is 0 Å². The Hall–Kier alpha value is -2.40. The van der Waals surface area contributed by atoms with E-state index in [1.807, 2.05) is 32.0 Å². The third-order valence-electron chi connectivity index (χ3n) is 3.18. The number of nitrogens with zero attached hydrogens (tertiary/aromatic N) is 1. The van der Waals surface area contributed by atoms with Gasteiger partial charge in [-0.25, -0.2) is 9.78 Å². The first-order valence-corrected chi connectivity index (χ1v) is 7.07. The van der Waals surface area contributed by atoms with Gasteiger partial charge < -0.3 is 15.2 Å². The molecule has 1 aromatic heterocycles. The Morgan fingerprint density at radius 2 is 1.95 bits per heavy atom. The SMILES string of the molecule is CC(C)(COc1ccc(C(=O)O)cn1)NCc1ccccc1. The van der Waals surface area contributed by atoms with Crippen LogP contribution in [0.1, 0.15) is 29.8 Å². The van der Waals surface area contributed by atoms with Gasteiger partial charge in [-0.1, -0.05) is 30.3 Å². The summed E-state index contributed by atoms with van der Waals surface area (Å²) in [5.74, 6) is -0.580. The molecule has 0 bridgehead atoms. The fourth-order valence-corrected chi connectivity index (χ4v) is 1.83. The van der Waals surface area contributed by atoms with Crippen molar-refractivity contribution in [2.75, 3.05) is 6.61 Å². The van der Waals surface area contributed by atoms with Crippen molar-refractivity contribution in [2.45, 2.75) is 25.9 Å². The molecule has 0 unspecified atom stereocenters. The van der Waals surface area contributed by atoms with Gasteiger partial charge in [0.15, 0.2) is 0 Å². The van der Waals surface area contributed by atoms with E-state index in [9.17, 15) is 4.79 Å². The summed E-state index contributed by atoms with van der Waals surface area (Å²) in [5.41, 5.74) is 1.12. The number of nitrogens with one attached hydrogen (secondary N) is 1. The number of rotatable bonds is 7. The van der Waals surface area contributed by atoms with Gasteiger partial charge in [0.1, 0.15) is 6.61 Å². The van der Waals surface area contributed by atoms with E-state index in [-0.39, 0.29) is 11.1 Å². The predicted octanol–water partition coefficient (Wildman–Crippen LogP) is 2.73. The van der Waals surface area contributed by atoms with E-state index in [4.69, 9.17) is 9.84 Å². The molecule has 2 rings (SSSR count). The Labute approximate surface area is 130 Å². The van der Waals surface area contributed by atoms with Crippen LogP contribution in [0.15, 0.2) is 48.7 Å². The monoisotopic (exact) mass is 300 g/mol. The number of pyridine rings is 1. The summed E-state index contributed by atoms with van der Waals surface area (Å²) >= 11 is 0. The summed E-state index contributed by atoms with van der Waals surface area (Å²) in [6, 6.07) is 13.2. The molecule has 0 aliphatic heterocycles. The highest BCUT2D eigenvalue weighted by Gasteiger charge is 2.18. The third-order valence-corrected chi connectivity index (χ3v) is 3.18. The highest BCUT2D eigenvalue weighted by atomic mass is 16.5. The number of benzene rings is 1. The standard InChI is InChI=1S/C17H20N2O3/c1-17(2,19-10-13-6-4-3-5-7-13)12-22-15-9-8-14(11-18-15)16(20)21/h3-9,11,19H,10,12H2,1-2H3,(H,20,21). The lowest BCUT2D eigenvalue weighted by atomic mass is 10.1. The molecular weight excluding hydrogens is 280 g/mol. The molecule has 5 heteroatoms. The number of hydrogen-bond donors (Lipinski definition) is 2. The molecule has 0 fully saturated rings. The fourth-order valence-electron chi connectivity index (χ4n) is 1.83. The van der Waals surface area contributed by atoms with Gasteiger partial charge in [-0.3, -0.25) is 0 Å². The Balaban J connectivity index is 1.85. The normalized spacial score (nSPS) is 11.2. The smallest absolute Gasteiger partial charge is 0.337 e. The van der Waals surface area contributed by atoms with E-state index in [2.05, 4.69) is 22.4 Å². The summed E-state index contributed by atoms with van der Waals surface area (Å²) in [4.78, 5) is 14.7. The molecule has 0 saturated carbocycles. The topological polar surface area (TPSA) is 71.5 Å². The molecule has 116 valence electrons.